The monoisotopic (exact) mass is 494 g/mol. The van der Waals surface area contributed by atoms with Crippen molar-refractivity contribution in [1.29, 1.82) is 0 Å². The Bertz CT molecular complexity index is 585. The molecule has 1 unspecified atom stereocenters. The summed E-state index contributed by atoms with van der Waals surface area (Å²) in [6, 6.07) is 0. The van der Waals surface area contributed by atoms with Crippen molar-refractivity contribution in [2.24, 2.45) is 5.41 Å². The third-order valence-corrected chi connectivity index (χ3v) is 13.9. The molecule has 11 heteroatoms. The van der Waals surface area contributed by atoms with Crippen LogP contribution in [0.2, 0.25) is 39.3 Å². The van der Waals surface area contributed by atoms with Crippen LogP contribution in [0.4, 0.5) is 0 Å². The van der Waals surface area contributed by atoms with Gasteiger partial charge in [-0.3, -0.25) is 0 Å². The van der Waals surface area contributed by atoms with Crippen molar-refractivity contribution in [1.82, 2.24) is 0 Å². The van der Waals surface area contributed by atoms with Gasteiger partial charge in [-0.2, -0.15) is 0 Å². The van der Waals surface area contributed by atoms with Crippen LogP contribution in [0.3, 0.4) is 0 Å². The minimum Gasteiger partial charge on any atom is -0.460 e. The predicted octanol–water partition coefficient (Wildman–Crippen LogP) is 3.32. The van der Waals surface area contributed by atoms with Crippen LogP contribution < -0.4 is 0 Å². The molecule has 0 aliphatic rings. The van der Waals surface area contributed by atoms with E-state index in [1.54, 1.807) is 13.8 Å². The second-order valence-electron chi connectivity index (χ2n) is 10.7. The highest BCUT2D eigenvalue weighted by Crippen LogP contribution is 2.33. The Morgan fingerprint density at radius 3 is 1.57 bits per heavy atom. The van der Waals surface area contributed by atoms with Crippen LogP contribution in [-0.2, 0) is 31.4 Å². The van der Waals surface area contributed by atoms with Gasteiger partial charge in [-0.25, -0.2) is 9.59 Å². The molecule has 176 valence electrons. The predicted molar refractivity (Wildman–Crippen MR) is 130 cm³/mol. The van der Waals surface area contributed by atoms with Crippen molar-refractivity contribution in [3.8, 4) is 0 Å². The minimum absolute atomic E-state index is 0.158. The first kappa shape index (κ1) is 29.4. The number of esters is 2. The summed E-state index contributed by atoms with van der Waals surface area (Å²) >= 11 is 0. The molecule has 0 saturated carbocycles. The first-order chi connectivity index (χ1) is 13.3. The van der Waals surface area contributed by atoms with E-state index in [1.807, 2.05) is 0 Å². The quantitative estimate of drug-likeness (QED) is 0.248. The Labute approximate surface area is 189 Å². The third kappa shape index (κ3) is 13.0. The van der Waals surface area contributed by atoms with Crippen LogP contribution in [0.25, 0.3) is 0 Å². The van der Waals surface area contributed by atoms with Gasteiger partial charge < -0.3 is 21.8 Å². The molecule has 0 spiro atoms. The Balaban J connectivity index is 5.97. The van der Waals surface area contributed by atoms with Crippen molar-refractivity contribution in [3.05, 3.63) is 12.2 Å². The number of carbonyl (C=O) groups excluding carboxylic acids is 2. The van der Waals surface area contributed by atoms with Gasteiger partial charge in [0.15, 0.2) is 22.4 Å². The number of hydrogen-bond acceptors (Lipinski definition) is 7. The molecule has 1 atom stereocenters. The van der Waals surface area contributed by atoms with E-state index in [1.165, 1.54) is 0 Å². The Kier molecular flexibility index (Phi) is 11.1. The van der Waals surface area contributed by atoms with E-state index in [4.69, 9.17) is 21.8 Å². The van der Waals surface area contributed by atoms with Gasteiger partial charge in [0.2, 0.25) is 0 Å². The topological polar surface area (TPSA) is 80.3 Å². The lowest BCUT2D eigenvalue weighted by Gasteiger charge is -2.43. The zero-order valence-electron chi connectivity index (χ0n) is 20.9. The van der Waals surface area contributed by atoms with Crippen molar-refractivity contribution >= 4 is 47.9 Å². The van der Waals surface area contributed by atoms with E-state index >= 15 is 0 Å². The molecule has 0 aromatic rings. The SMILES string of the molecule is CC(C)OC(=O)C=CC(=O)OC(CC(C)(C)C)[Si](O[SiH3])(O[Si](C)(C)C)O[Si](C)(C)C. The summed E-state index contributed by atoms with van der Waals surface area (Å²) in [5, 5.41) is 0. The van der Waals surface area contributed by atoms with Crippen molar-refractivity contribution in [2.75, 3.05) is 0 Å². The molecule has 30 heavy (non-hydrogen) atoms. The molecule has 0 aromatic heterocycles. The van der Waals surface area contributed by atoms with Gasteiger partial charge in [-0.05, 0) is 65.0 Å². The molecule has 0 heterocycles. The van der Waals surface area contributed by atoms with E-state index in [2.05, 4.69) is 60.1 Å². The molecule has 0 N–H and O–H groups in total. The fourth-order valence-electron chi connectivity index (χ4n) is 2.60. The first-order valence-electron chi connectivity index (χ1n) is 10.3. The molecule has 0 rings (SSSR count). The van der Waals surface area contributed by atoms with Crippen LogP contribution >= 0.6 is 0 Å². The average molecular weight is 495 g/mol. The molecule has 0 aliphatic carbocycles. The fraction of sp³-hybridized carbons (Fsp3) is 0.789. The van der Waals surface area contributed by atoms with Crippen LogP contribution in [0.15, 0.2) is 12.2 Å². The molecule has 7 nitrogen and oxygen atoms in total. The van der Waals surface area contributed by atoms with Crippen molar-refractivity contribution in [3.63, 3.8) is 0 Å². The van der Waals surface area contributed by atoms with Crippen molar-refractivity contribution < 1.29 is 31.4 Å². The maximum Gasteiger partial charge on any atom is 0.512 e. The maximum absolute atomic E-state index is 12.6. The normalized spacial score (nSPS) is 14.9. The molecule has 0 saturated heterocycles. The van der Waals surface area contributed by atoms with Crippen LogP contribution in [0.1, 0.15) is 41.0 Å². The number of carbonyl (C=O) groups is 2. The maximum atomic E-state index is 12.6. The van der Waals surface area contributed by atoms with Crippen LogP contribution in [0, 0.1) is 5.41 Å². The molecule has 0 fully saturated rings. The Hall–Kier alpha value is -0.572. The summed E-state index contributed by atoms with van der Waals surface area (Å²) in [6.07, 6.45) is 2.43. The lowest BCUT2D eigenvalue weighted by atomic mass is 9.93. The van der Waals surface area contributed by atoms with Crippen LogP contribution in [-0.4, -0.2) is 59.7 Å². The summed E-state index contributed by atoms with van der Waals surface area (Å²) in [5.41, 5.74) is -0.818. The second kappa shape index (κ2) is 11.3. The van der Waals surface area contributed by atoms with Gasteiger partial charge in [0.25, 0.3) is 0 Å². The van der Waals surface area contributed by atoms with Gasteiger partial charge in [-0.15, -0.1) is 0 Å². The van der Waals surface area contributed by atoms with Crippen LogP contribution in [0.5, 0.6) is 0 Å². The van der Waals surface area contributed by atoms with E-state index in [0.717, 1.165) is 12.2 Å². The lowest BCUT2D eigenvalue weighted by molar-refractivity contribution is -0.144. The van der Waals surface area contributed by atoms with E-state index in [-0.39, 0.29) is 11.5 Å². The third-order valence-electron chi connectivity index (χ3n) is 3.34. The first-order valence-corrected chi connectivity index (χ1v) is 19.8. The largest absolute Gasteiger partial charge is 0.512 e. The summed E-state index contributed by atoms with van der Waals surface area (Å²) in [5.74, 6) is -1.23. The van der Waals surface area contributed by atoms with E-state index in [0.29, 0.717) is 16.9 Å². The van der Waals surface area contributed by atoms with Crippen molar-refractivity contribution in [2.45, 2.75) is 92.2 Å². The smallest absolute Gasteiger partial charge is 0.460 e. The highest BCUT2D eigenvalue weighted by molar-refractivity contribution is 6.87. The molecule has 0 bridgehead atoms. The van der Waals surface area contributed by atoms with Gasteiger partial charge in [0.1, 0.15) is 10.5 Å². The molecule has 0 aliphatic heterocycles. The molecular weight excluding hydrogens is 453 g/mol. The number of hydrogen-bond donors (Lipinski definition) is 0. The second-order valence-corrected chi connectivity index (χ2v) is 24.3. The summed E-state index contributed by atoms with van der Waals surface area (Å²) in [4.78, 5) is 24.3. The summed E-state index contributed by atoms with van der Waals surface area (Å²) in [6.45, 7) is 22.1. The minimum atomic E-state index is -3.33. The van der Waals surface area contributed by atoms with Gasteiger partial charge >= 0.3 is 20.7 Å². The van der Waals surface area contributed by atoms with E-state index in [9.17, 15) is 9.59 Å². The van der Waals surface area contributed by atoms with Gasteiger partial charge in [0.05, 0.1) is 6.10 Å². The van der Waals surface area contributed by atoms with Gasteiger partial charge in [-0.1, -0.05) is 20.8 Å². The molecule has 0 radical (unpaired) electrons. The highest BCUT2D eigenvalue weighted by atomic mass is 28.5. The molecule has 0 aromatic carbocycles. The standard InChI is InChI=1S/C19H42O7Si4/c1-15(2)22-16(20)12-13-17(21)23-18(14-19(3,4)5)30(24-27,25-28(6,7)8)26-29(9,10)11/h12-13,15,18H,14H2,1-11,27H3. The number of ether oxygens (including phenoxy) is 2. The zero-order valence-corrected chi connectivity index (χ0v) is 25.9. The lowest BCUT2D eigenvalue weighted by Crippen LogP contribution is -2.65. The van der Waals surface area contributed by atoms with E-state index < -0.39 is 43.1 Å². The highest BCUT2D eigenvalue weighted by Gasteiger charge is 2.56. The molecule has 0 amide bonds. The number of rotatable bonds is 11. The molecular formula is C19H42O7Si4. The zero-order chi connectivity index (χ0) is 24.0. The summed E-state index contributed by atoms with van der Waals surface area (Å²) < 4.78 is 30.1. The van der Waals surface area contributed by atoms with Gasteiger partial charge in [0, 0.05) is 12.2 Å². The Morgan fingerprint density at radius 1 is 0.867 bits per heavy atom. The fourth-order valence-corrected chi connectivity index (χ4v) is 15.4. The summed E-state index contributed by atoms with van der Waals surface area (Å²) in [7, 11) is -7.11. The average Bonchev–Trinajstić information content (AvgIpc) is 2.46. The Morgan fingerprint density at radius 2 is 1.27 bits per heavy atom.